The van der Waals surface area contributed by atoms with Gasteiger partial charge < -0.3 is 19.5 Å². The maximum absolute atomic E-state index is 12.0. The van der Waals surface area contributed by atoms with Gasteiger partial charge in [-0.2, -0.15) is 0 Å². The minimum atomic E-state index is -0.712. The molecule has 0 fully saturated rings. The summed E-state index contributed by atoms with van der Waals surface area (Å²) in [7, 11) is 0. The second-order valence-electron chi connectivity index (χ2n) is 4.86. The third kappa shape index (κ3) is 5.28. The Labute approximate surface area is 142 Å². The second kappa shape index (κ2) is 8.57. The first kappa shape index (κ1) is 17.3. The lowest BCUT2D eigenvalue weighted by Gasteiger charge is -2.18. The molecule has 1 aliphatic heterocycles. The van der Waals surface area contributed by atoms with Crippen molar-refractivity contribution in [3.63, 3.8) is 0 Å². The number of amides is 1. The molecule has 1 aromatic carbocycles. The van der Waals surface area contributed by atoms with Crippen LogP contribution in [0.1, 0.15) is 24.9 Å². The van der Waals surface area contributed by atoms with Gasteiger partial charge in [0.2, 0.25) is 5.76 Å². The number of esters is 1. The molecule has 124 valence electrons. The van der Waals surface area contributed by atoms with Gasteiger partial charge in [-0.15, -0.1) is 0 Å². The molecule has 1 amide bonds. The van der Waals surface area contributed by atoms with Gasteiger partial charge in [-0.25, -0.2) is 4.79 Å². The van der Waals surface area contributed by atoms with E-state index in [9.17, 15) is 9.59 Å². The molecule has 2 rings (SSSR count). The summed E-state index contributed by atoms with van der Waals surface area (Å²) in [5.74, 6) is -1.11. The van der Waals surface area contributed by atoms with Crippen molar-refractivity contribution in [3.8, 4) is 0 Å². The molecule has 0 bridgehead atoms. The van der Waals surface area contributed by atoms with Gasteiger partial charge in [-0.05, 0) is 24.1 Å². The number of rotatable bonds is 6. The van der Waals surface area contributed by atoms with Crippen molar-refractivity contribution in [2.24, 2.45) is 0 Å². The van der Waals surface area contributed by atoms with E-state index in [0.717, 1.165) is 16.5 Å². The van der Waals surface area contributed by atoms with Crippen molar-refractivity contribution in [1.29, 1.82) is 0 Å². The standard InChI is InChI=1S/C16H18BrNO5/c1-2-13(11-3-5-12(17)6-4-11)18-15(19)10-23-16(20)14-9-21-7-8-22-14/h3-6,9,13H,2,7-8,10H2,1H3,(H,18,19)/t13-/m0/s1. The second-order valence-corrected chi connectivity index (χ2v) is 5.77. The zero-order chi connectivity index (χ0) is 16.7. The largest absolute Gasteiger partial charge is 0.493 e. The van der Waals surface area contributed by atoms with Crippen LogP contribution >= 0.6 is 15.9 Å². The maximum atomic E-state index is 12.0. The molecule has 0 saturated heterocycles. The monoisotopic (exact) mass is 383 g/mol. The summed E-state index contributed by atoms with van der Waals surface area (Å²) in [5, 5.41) is 2.84. The number of benzene rings is 1. The lowest BCUT2D eigenvalue weighted by molar-refractivity contribution is -0.149. The van der Waals surface area contributed by atoms with Crippen LogP contribution in [0.5, 0.6) is 0 Å². The smallest absolute Gasteiger partial charge is 0.377 e. The van der Waals surface area contributed by atoms with Gasteiger partial charge in [-0.1, -0.05) is 35.0 Å². The van der Waals surface area contributed by atoms with Crippen molar-refractivity contribution in [2.75, 3.05) is 19.8 Å². The Bertz CT molecular complexity index is 585. The first-order chi connectivity index (χ1) is 11.1. The van der Waals surface area contributed by atoms with Crippen molar-refractivity contribution in [3.05, 3.63) is 46.3 Å². The predicted molar refractivity (Wildman–Crippen MR) is 86.3 cm³/mol. The molecule has 7 heteroatoms. The van der Waals surface area contributed by atoms with E-state index in [0.29, 0.717) is 6.61 Å². The van der Waals surface area contributed by atoms with Crippen molar-refractivity contribution in [1.82, 2.24) is 5.32 Å². The van der Waals surface area contributed by atoms with Gasteiger partial charge in [0.05, 0.1) is 6.04 Å². The molecule has 0 aliphatic carbocycles. The molecule has 0 spiro atoms. The highest BCUT2D eigenvalue weighted by Gasteiger charge is 2.19. The first-order valence-electron chi connectivity index (χ1n) is 7.26. The predicted octanol–water partition coefficient (Wildman–Crippen LogP) is 2.45. The highest BCUT2D eigenvalue weighted by atomic mass is 79.9. The zero-order valence-electron chi connectivity index (χ0n) is 12.7. The Morgan fingerprint density at radius 1 is 1.30 bits per heavy atom. The first-order valence-corrected chi connectivity index (χ1v) is 8.06. The number of hydrogen-bond donors (Lipinski definition) is 1. The third-order valence-electron chi connectivity index (χ3n) is 3.20. The van der Waals surface area contributed by atoms with Crippen LogP contribution in [-0.2, 0) is 23.8 Å². The van der Waals surface area contributed by atoms with E-state index < -0.39 is 5.97 Å². The average Bonchev–Trinajstić information content (AvgIpc) is 2.59. The van der Waals surface area contributed by atoms with Gasteiger partial charge in [0.25, 0.3) is 5.91 Å². The Morgan fingerprint density at radius 2 is 2.04 bits per heavy atom. The Morgan fingerprint density at radius 3 is 2.65 bits per heavy atom. The van der Waals surface area contributed by atoms with E-state index in [1.54, 1.807) is 0 Å². The van der Waals surface area contributed by atoms with Crippen LogP contribution < -0.4 is 5.32 Å². The molecular weight excluding hydrogens is 366 g/mol. The topological polar surface area (TPSA) is 73.9 Å². The lowest BCUT2D eigenvalue weighted by atomic mass is 10.0. The van der Waals surface area contributed by atoms with E-state index in [1.165, 1.54) is 6.26 Å². The molecule has 1 atom stereocenters. The third-order valence-corrected chi connectivity index (χ3v) is 3.73. The Kier molecular flexibility index (Phi) is 6.46. The minimum Gasteiger partial charge on any atom is -0.493 e. The molecule has 1 aliphatic rings. The lowest BCUT2D eigenvalue weighted by Crippen LogP contribution is -2.32. The van der Waals surface area contributed by atoms with Crippen LogP contribution in [0.25, 0.3) is 0 Å². The summed E-state index contributed by atoms with van der Waals surface area (Å²) < 4.78 is 15.9. The van der Waals surface area contributed by atoms with Crippen LogP contribution in [0, 0.1) is 0 Å². The SMILES string of the molecule is CC[C@H](NC(=O)COC(=O)C1=COCCO1)c1ccc(Br)cc1. The van der Waals surface area contributed by atoms with Gasteiger partial charge >= 0.3 is 5.97 Å². The average molecular weight is 384 g/mol. The zero-order valence-corrected chi connectivity index (χ0v) is 14.3. The molecule has 1 N–H and O–H groups in total. The normalized spacial score (nSPS) is 14.8. The summed E-state index contributed by atoms with van der Waals surface area (Å²) >= 11 is 3.37. The van der Waals surface area contributed by atoms with Gasteiger partial charge in [0.15, 0.2) is 6.61 Å². The molecule has 0 radical (unpaired) electrons. The minimum absolute atomic E-state index is 0.0241. The quantitative estimate of drug-likeness (QED) is 0.763. The van der Waals surface area contributed by atoms with E-state index in [4.69, 9.17) is 14.2 Å². The molecule has 0 aromatic heterocycles. The number of halogens is 1. The van der Waals surface area contributed by atoms with E-state index in [2.05, 4.69) is 21.2 Å². The van der Waals surface area contributed by atoms with Crippen molar-refractivity contribution >= 4 is 27.8 Å². The maximum Gasteiger partial charge on any atom is 0.377 e. The molecule has 6 nitrogen and oxygen atoms in total. The number of carbonyl (C=O) groups excluding carboxylic acids is 2. The fourth-order valence-electron chi connectivity index (χ4n) is 2.03. The highest BCUT2D eigenvalue weighted by Crippen LogP contribution is 2.19. The number of ether oxygens (including phenoxy) is 3. The van der Waals surface area contributed by atoms with Crippen molar-refractivity contribution < 1.29 is 23.8 Å². The van der Waals surface area contributed by atoms with Gasteiger partial charge in [0, 0.05) is 4.47 Å². The highest BCUT2D eigenvalue weighted by molar-refractivity contribution is 9.10. The van der Waals surface area contributed by atoms with Crippen molar-refractivity contribution in [2.45, 2.75) is 19.4 Å². The summed E-state index contributed by atoms with van der Waals surface area (Å²) in [6, 6.07) is 7.56. The van der Waals surface area contributed by atoms with E-state index >= 15 is 0 Å². The van der Waals surface area contributed by atoms with Crippen LogP contribution in [0.2, 0.25) is 0 Å². The fourth-order valence-corrected chi connectivity index (χ4v) is 2.29. The summed E-state index contributed by atoms with van der Waals surface area (Å²) in [6.07, 6.45) is 1.92. The van der Waals surface area contributed by atoms with Crippen LogP contribution in [0.4, 0.5) is 0 Å². The Balaban J connectivity index is 1.84. The molecule has 23 heavy (non-hydrogen) atoms. The summed E-state index contributed by atoms with van der Waals surface area (Å²) in [4.78, 5) is 23.6. The Hall–Kier alpha value is -2.02. The van der Waals surface area contributed by atoms with E-state index in [1.807, 2.05) is 31.2 Å². The fraction of sp³-hybridized carbons (Fsp3) is 0.375. The molecule has 0 unspecified atom stereocenters. The number of nitrogens with one attached hydrogen (secondary N) is 1. The van der Waals surface area contributed by atoms with Gasteiger partial charge in [0.1, 0.15) is 19.5 Å². The number of hydrogen-bond acceptors (Lipinski definition) is 5. The van der Waals surface area contributed by atoms with E-state index in [-0.39, 0.29) is 30.9 Å². The molecular formula is C16H18BrNO5. The molecule has 1 aromatic rings. The summed E-state index contributed by atoms with van der Waals surface area (Å²) in [6.45, 7) is 2.28. The summed E-state index contributed by atoms with van der Waals surface area (Å²) in [5.41, 5.74) is 0.988. The van der Waals surface area contributed by atoms with Crippen LogP contribution in [0.3, 0.4) is 0 Å². The number of carbonyl (C=O) groups is 2. The van der Waals surface area contributed by atoms with Crippen LogP contribution in [0.15, 0.2) is 40.8 Å². The van der Waals surface area contributed by atoms with Gasteiger partial charge in [-0.3, -0.25) is 4.79 Å². The molecule has 0 saturated carbocycles. The van der Waals surface area contributed by atoms with Crippen LogP contribution in [-0.4, -0.2) is 31.7 Å². The molecule has 1 heterocycles.